The van der Waals surface area contributed by atoms with Gasteiger partial charge in [-0.15, -0.1) is 0 Å². The second-order valence-electron chi connectivity index (χ2n) is 5.25. The summed E-state index contributed by atoms with van der Waals surface area (Å²) in [5, 5.41) is 0. The molecule has 1 unspecified atom stereocenters. The van der Waals surface area contributed by atoms with Gasteiger partial charge < -0.3 is 9.47 Å². The number of esters is 1. The van der Waals surface area contributed by atoms with Crippen molar-refractivity contribution in [2.45, 2.75) is 20.0 Å². The van der Waals surface area contributed by atoms with Crippen molar-refractivity contribution in [3.8, 4) is 5.75 Å². The van der Waals surface area contributed by atoms with Crippen LogP contribution in [0.3, 0.4) is 0 Å². The van der Waals surface area contributed by atoms with Gasteiger partial charge in [0.25, 0.3) is 0 Å². The Morgan fingerprint density at radius 2 is 1.77 bits per heavy atom. The molecule has 3 heteroatoms. The van der Waals surface area contributed by atoms with Gasteiger partial charge in [0.2, 0.25) is 0 Å². The number of carbonyl (C=O) groups is 1. The van der Waals surface area contributed by atoms with E-state index >= 15 is 0 Å². The molecule has 22 heavy (non-hydrogen) atoms. The van der Waals surface area contributed by atoms with Crippen LogP contribution in [-0.4, -0.2) is 13.1 Å². The molecule has 2 rings (SSSR count). The minimum Gasteiger partial charge on any atom is -0.497 e. The molecule has 0 spiro atoms. The van der Waals surface area contributed by atoms with Crippen LogP contribution in [0.1, 0.15) is 29.7 Å². The van der Waals surface area contributed by atoms with Crippen LogP contribution >= 0.6 is 0 Å². The largest absolute Gasteiger partial charge is 0.497 e. The maximum Gasteiger partial charge on any atom is 0.334 e. The molecular weight excluding hydrogens is 276 g/mol. The van der Waals surface area contributed by atoms with E-state index in [1.165, 1.54) is 0 Å². The van der Waals surface area contributed by atoms with Gasteiger partial charge in [0.05, 0.1) is 7.11 Å². The monoisotopic (exact) mass is 296 g/mol. The lowest BCUT2D eigenvalue weighted by atomic mass is 10.00. The van der Waals surface area contributed by atoms with E-state index < -0.39 is 12.1 Å². The Balaban J connectivity index is 2.41. The number of aryl methyl sites for hydroxylation is 1. The summed E-state index contributed by atoms with van der Waals surface area (Å²) < 4.78 is 10.9. The Bertz CT molecular complexity index is 671. The standard InChI is InChI=1S/C19H20O3/c1-13(2)19(20)22-18(15-10-8-14(3)9-11-15)16-6-5-7-17(12-16)21-4/h5-12,18H,1H2,2-4H3. The van der Waals surface area contributed by atoms with E-state index in [1.54, 1.807) is 14.0 Å². The van der Waals surface area contributed by atoms with Crippen molar-refractivity contribution < 1.29 is 14.3 Å². The van der Waals surface area contributed by atoms with E-state index in [-0.39, 0.29) is 0 Å². The summed E-state index contributed by atoms with van der Waals surface area (Å²) in [6, 6.07) is 15.4. The molecule has 0 aliphatic rings. The van der Waals surface area contributed by atoms with Crippen LogP contribution in [0.5, 0.6) is 5.75 Å². The normalized spacial score (nSPS) is 11.6. The first kappa shape index (κ1) is 15.8. The molecule has 0 aliphatic heterocycles. The van der Waals surface area contributed by atoms with Gasteiger partial charge in [-0.25, -0.2) is 4.79 Å². The number of hydrogen-bond acceptors (Lipinski definition) is 3. The lowest BCUT2D eigenvalue weighted by Gasteiger charge is -2.19. The fraction of sp³-hybridized carbons (Fsp3) is 0.211. The number of benzene rings is 2. The molecule has 0 radical (unpaired) electrons. The third-order valence-corrected chi connectivity index (χ3v) is 3.35. The van der Waals surface area contributed by atoms with Crippen molar-refractivity contribution in [3.63, 3.8) is 0 Å². The number of ether oxygens (including phenoxy) is 2. The first-order valence-electron chi connectivity index (χ1n) is 7.08. The summed E-state index contributed by atoms with van der Waals surface area (Å²) in [6.07, 6.45) is -0.486. The SMILES string of the molecule is C=C(C)C(=O)OC(c1ccc(C)cc1)c1cccc(OC)c1. The van der Waals surface area contributed by atoms with Gasteiger partial charge in [0, 0.05) is 11.1 Å². The number of hydrogen-bond donors (Lipinski definition) is 0. The molecule has 3 nitrogen and oxygen atoms in total. The van der Waals surface area contributed by atoms with Crippen molar-refractivity contribution in [1.82, 2.24) is 0 Å². The third-order valence-electron chi connectivity index (χ3n) is 3.35. The van der Waals surface area contributed by atoms with Crippen molar-refractivity contribution in [2.75, 3.05) is 7.11 Å². The first-order valence-corrected chi connectivity index (χ1v) is 7.08. The lowest BCUT2D eigenvalue weighted by Crippen LogP contribution is -2.13. The maximum atomic E-state index is 12.0. The summed E-state index contributed by atoms with van der Waals surface area (Å²) in [4.78, 5) is 12.0. The number of rotatable bonds is 5. The summed E-state index contributed by atoms with van der Waals surface area (Å²) in [7, 11) is 1.61. The molecule has 0 saturated carbocycles. The first-order chi connectivity index (χ1) is 10.5. The highest BCUT2D eigenvalue weighted by molar-refractivity contribution is 5.87. The molecule has 0 saturated heterocycles. The lowest BCUT2D eigenvalue weighted by molar-refractivity contribution is -0.142. The maximum absolute atomic E-state index is 12.0. The smallest absolute Gasteiger partial charge is 0.334 e. The van der Waals surface area contributed by atoms with Crippen LogP contribution in [0.25, 0.3) is 0 Å². The van der Waals surface area contributed by atoms with Crippen molar-refractivity contribution in [3.05, 3.63) is 77.4 Å². The minimum atomic E-state index is -0.486. The molecule has 0 aromatic heterocycles. The van der Waals surface area contributed by atoms with Gasteiger partial charge in [-0.1, -0.05) is 48.5 Å². The zero-order valence-electron chi connectivity index (χ0n) is 13.1. The average molecular weight is 296 g/mol. The Morgan fingerprint density at radius 3 is 2.36 bits per heavy atom. The highest BCUT2D eigenvalue weighted by atomic mass is 16.5. The third kappa shape index (κ3) is 3.76. The average Bonchev–Trinajstić information content (AvgIpc) is 2.53. The summed E-state index contributed by atoms with van der Waals surface area (Å²) in [6.45, 7) is 7.30. The van der Waals surface area contributed by atoms with Gasteiger partial charge in [-0.3, -0.25) is 0 Å². The van der Waals surface area contributed by atoms with Crippen LogP contribution in [0.4, 0.5) is 0 Å². The van der Waals surface area contributed by atoms with Crippen LogP contribution in [-0.2, 0) is 9.53 Å². The van der Waals surface area contributed by atoms with Crippen LogP contribution in [0, 0.1) is 6.92 Å². The van der Waals surface area contributed by atoms with Gasteiger partial charge in [0.15, 0.2) is 6.10 Å². The molecule has 0 aliphatic carbocycles. The quantitative estimate of drug-likeness (QED) is 0.612. The van der Waals surface area contributed by atoms with Gasteiger partial charge in [-0.2, -0.15) is 0 Å². The summed E-state index contributed by atoms with van der Waals surface area (Å²) in [5.41, 5.74) is 3.30. The fourth-order valence-corrected chi connectivity index (χ4v) is 2.08. The van der Waals surface area contributed by atoms with E-state index in [4.69, 9.17) is 9.47 Å². The summed E-state index contributed by atoms with van der Waals surface area (Å²) >= 11 is 0. The van der Waals surface area contributed by atoms with E-state index in [9.17, 15) is 4.79 Å². The van der Waals surface area contributed by atoms with Crippen LogP contribution in [0.2, 0.25) is 0 Å². The summed E-state index contributed by atoms with van der Waals surface area (Å²) in [5.74, 6) is 0.314. The van der Waals surface area contributed by atoms with Gasteiger partial charge in [-0.05, 0) is 31.5 Å². The van der Waals surface area contributed by atoms with E-state index in [0.29, 0.717) is 5.57 Å². The Kier molecular flexibility index (Phi) is 4.99. The highest BCUT2D eigenvalue weighted by Gasteiger charge is 2.20. The van der Waals surface area contributed by atoms with E-state index in [0.717, 1.165) is 22.4 Å². The molecule has 2 aromatic carbocycles. The molecule has 0 amide bonds. The molecule has 0 fully saturated rings. The van der Waals surface area contributed by atoms with Crippen LogP contribution < -0.4 is 4.74 Å². The molecular formula is C19H20O3. The second kappa shape index (κ2) is 6.94. The predicted molar refractivity (Wildman–Crippen MR) is 86.9 cm³/mol. The predicted octanol–water partition coefficient (Wildman–Crippen LogP) is 4.21. The minimum absolute atomic E-state index is 0.375. The van der Waals surface area contributed by atoms with Crippen molar-refractivity contribution in [2.24, 2.45) is 0 Å². The molecule has 0 bridgehead atoms. The molecule has 1 atom stereocenters. The Morgan fingerprint density at radius 1 is 1.09 bits per heavy atom. The molecule has 114 valence electrons. The zero-order valence-corrected chi connectivity index (χ0v) is 13.1. The molecule has 0 heterocycles. The Labute approximate surface area is 131 Å². The highest BCUT2D eigenvalue weighted by Crippen LogP contribution is 2.29. The number of carbonyl (C=O) groups excluding carboxylic acids is 1. The topological polar surface area (TPSA) is 35.5 Å². The van der Waals surface area contributed by atoms with Crippen molar-refractivity contribution >= 4 is 5.97 Å². The number of methoxy groups -OCH3 is 1. The van der Waals surface area contributed by atoms with Crippen LogP contribution in [0.15, 0.2) is 60.7 Å². The second-order valence-corrected chi connectivity index (χ2v) is 5.25. The van der Waals surface area contributed by atoms with Gasteiger partial charge >= 0.3 is 5.97 Å². The Hall–Kier alpha value is -2.55. The fourth-order valence-electron chi connectivity index (χ4n) is 2.08. The van der Waals surface area contributed by atoms with E-state index in [1.807, 2.05) is 55.5 Å². The zero-order chi connectivity index (χ0) is 16.1. The molecule has 2 aromatic rings. The van der Waals surface area contributed by atoms with E-state index in [2.05, 4.69) is 6.58 Å². The van der Waals surface area contributed by atoms with Gasteiger partial charge in [0.1, 0.15) is 5.75 Å². The van der Waals surface area contributed by atoms with Crippen molar-refractivity contribution in [1.29, 1.82) is 0 Å². The molecule has 0 N–H and O–H groups in total.